The second-order valence-electron chi connectivity index (χ2n) is 8.54. The monoisotopic (exact) mass is 472 g/mol. The van der Waals surface area contributed by atoms with Gasteiger partial charge in [-0.05, 0) is 37.1 Å². The van der Waals surface area contributed by atoms with Crippen LogP contribution in [-0.4, -0.2) is 53.2 Å². The molecule has 1 saturated heterocycles. The summed E-state index contributed by atoms with van der Waals surface area (Å²) in [5.41, 5.74) is 1.88. The van der Waals surface area contributed by atoms with Crippen LogP contribution >= 0.6 is 0 Å². The summed E-state index contributed by atoms with van der Waals surface area (Å²) in [7, 11) is -0.0223. The molecule has 0 atom stereocenters. The van der Waals surface area contributed by atoms with Crippen LogP contribution in [0.3, 0.4) is 0 Å². The molecule has 4 rings (SSSR count). The lowest BCUT2D eigenvalue weighted by Gasteiger charge is -2.25. The number of piperidine rings is 1. The van der Waals surface area contributed by atoms with E-state index in [1.165, 1.54) is 11.0 Å². The molecule has 1 fully saturated rings. The molecule has 1 aliphatic heterocycles. The van der Waals surface area contributed by atoms with Crippen LogP contribution in [0.1, 0.15) is 37.1 Å². The highest BCUT2D eigenvalue weighted by Gasteiger charge is 2.26. The van der Waals surface area contributed by atoms with E-state index in [9.17, 15) is 17.6 Å². The third-order valence-electron chi connectivity index (χ3n) is 6.25. The average molecular weight is 473 g/mol. The number of sulfonamides is 1. The second-order valence-corrected chi connectivity index (χ2v) is 10.5. The fourth-order valence-electron chi connectivity index (χ4n) is 4.25. The van der Waals surface area contributed by atoms with Crippen molar-refractivity contribution in [3.05, 3.63) is 59.7 Å². The SMILES string of the molecule is CN(Cc1ccccc1F)C(=O)CCc1nc2cc(S(=O)(=O)N3CCCCC3)ccc2n1C. The molecule has 0 spiro atoms. The minimum Gasteiger partial charge on any atom is -0.341 e. The van der Waals surface area contributed by atoms with Gasteiger partial charge in [0.25, 0.3) is 0 Å². The van der Waals surface area contributed by atoms with Crippen LogP contribution in [0.25, 0.3) is 11.0 Å². The first-order valence-electron chi connectivity index (χ1n) is 11.2. The molecule has 1 amide bonds. The Balaban J connectivity index is 1.46. The standard InChI is InChI=1S/C24H29FN4O3S/c1-27(17-18-8-4-5-9-20(18)25)24(30)13-12-23-26-21-16-19(10-11-22(21)28(23)2)33(31,32)29-14-6-3-7-15-29/h4-5,8-11,16H,3,6-7,12-15,17H2,1-2H3. The zero-order valence-electron chi connectivity index (χ0n) is 19.0. The third-order valence-corrected chi connectivity index (χ3v) is 8.15. The fraction of sp³-hybridized carbons (Fsp3) is 0.417. The molecule has 176 valence electrons. The summed E-state index contributed by atoms with van der Waals surface area (Å²) in [6.45, 7) is 1.30. The predicted molar refractivity (Wildman–Crippen MR) is 125 cm³/mol. The van der Waals surface area contributed by atoms with Gasteiger partial charge >= 0.3 is 0 Å². The van der Waals surface area contributed by atoms with Crippen molar-refractivity contribution >= 4 is 27.0 Å². The van der Waals surface area contributed by atoms with Crippen LogP contribution in [0.5, 0.6) is 0 Å². The molecule has 0 unspecified atom stereocenters. The van der Waals surface area contributed by atoms with E-state index in [1.807, 2.05) is 11.6 Å². The molecule has 2 heterocycles. The average Bonchev–Trinajstić information content (AvgIpc) is 3.14. The maximum atomic E-state index is 13.9. The van der Waals surface area contributed by atoms with Crippen molar-refractivity contribution in [1.29, 1.82) is 0 Å². The first-order chi connectivity index (χ1) is 15.8. The van der Waals surface area contributed by atoms with Gasteiger partial charge in [0.2, 0.25) is 15.9 Å². The van der Waals surface area contributed by atoms with E-state index in [4.69, 9.17) is 0 Å². The highest BCUT2D eigenvalue weighted by molar-refractivity contribution is 7.89. The molecule has 0 N–H and O–H groups in total. The summed E-state index contributed by atoms with van der Waals surface area (Å²) in [6, 6.07) is 11.4. The Bertz CT molecular complexity index is 1270. The van der Waals surface area contributed by atoms with E-state index in [1.54, 1.807) is 47.8 Å². The molecule has 0 radical (unpaired) electrons. The molecular formula is C24H29FN4O3S. The molecule has 1 aromatic heterocycles. The predicted octanol–water partition coefficient (Wildman–Crippen LogP) is 3.48. The number of aryl methyl sites for hydroxylation is 2. The Hall–Kier alpha value is -2.78. The summed E-state index contributed by atoms with van der Waals surface area (Å²) in [6.07, 6.45) is 3.45. The number of aromatic nitrogens is 2. The number of rotatable bonds is 7. The zero-order valence-corrected chi connectivity index (χ0v) is 19.8. The third kappa shape index (κ3) is 4.94. The minimum atomic E-state index is -3.53. The number of benzene rings is 2. The van der Waals surface area contributed by atoms with Crippen LogP contribution in [0.15, 0.2) is 47.4 Å². The number of amides is 1. The van der Waals surface area contributed by atoms with E-state index >= 15 is 0 Å². The van der Waals surface area contributed by atoms with Gasteiger partial charge < -0.3 is 9.47 Å². The normalized spacial score (nSPS) is 15.1. The maximum Gasteiger partial charge on any atom is 0.243 e. The fourth-order valence-corrected chi connectivity index (χ4v) is 5.79. The molecule has 7 nitrogen and oxygen atoms in total. The number of hydrogen-bond acceptors (Lipinski definition) is 4. The van der Waals surface area contributed by atoms with Gasteiger partial charge in [-0.15, -0.1) is 0 Å². The van der Waals surface area contributed by atoms with Crippen molar-refractivity contribution in [3.63, 3.8) is 0 Å². The molecule has 1 aliphatic rings. The maximum absolute atomic E-state index is 13.9. The topological polar surface area (TPSA) is 75.5 Å². The molecule has 0 aliphatic carbocycles. The van der Waals surface area contributed by atoms with Gasteiger partial charge in [0, 0.05) is 52.1 Å². The number of carbonyl (C=O) groups is 1. The molecule has 33 heavy (non-hydrogen) atoms. The largest absolute Gasteiger partial charge is 0.341 e. The number of fused-ring (bicyclic) bond motifs is 1. The van der Waals surface area contributed by atoms with E-state index in [-0.39, 0.29) is 29.6 Å². The lowest BCUT2D eigenvalue weighted by molar-refractivity contribution is -0.130. The van der Waals surface area contributed by atoms with Gasteiger partial charge in [-0.1, -0.05) is 24.6 Å². The Morgan fingerprint density at radius 3 is 2.58 bits per heavy atom. The lowest BCUT2D eigenvalue weighted by Crippen LogP contribution is -2.35. The van der Waals surface area contributed by atoms with Gasteiger partial charge in [-0.25, -0.2) is 17.8 Å². The Kier molecular flexibility index (Phi) is 6.81. The van der Waals surface area contributed by atoms with E-state index in [0.29, 0.717) is 36.4 Å². The second kappa shape index (κ2) is 9.61. The molecule has 0 bridgehead atoms. The lowest BCUT2D eigenvalue weighted by atomic mass is 10.2. The van der Waals surface area contributed by atoms with Crippen molar-refractivity contribution in [2.75, 3.05) is 20.1 Å². The van der Waals surface area contributed by atoms with Crippen molar-refractivity contribution in [2.45, 2.75) is 43.5 Å². The minimum absolute atomic E-state index is 0.112. The Morgan fingerprint density at radius 2 is 1.85 bits per heavy atom. The first-order valence-corrected chi connectivity index (χ1v) is 12.6. The van der Waals surface area contributed by atoms with Crippen LogP contribution in [0, 0.1) is 5.82 Å². The summed E-state index contributed by atoms with van der Waals surface area (Å²) in [4.78, 5) is 19.0. The van der Waals surface area contributed by atoms with Crippen LogP contribution in [0.4, 0.5) is 4.39 Å². The smallest absolute Gasteiger partial charge is 0.243 e. The highest BCUT2D eigenvalue weighted by Crippen LogP contribution is 2.25. The van der Waals surface area contributed by atoms with Gasteiger partial charge in [-0.2, -0.15) is 4.31 Å². The van der Waals surface area contributed by atoms with Crippen molar-refractivity contribution in [1.82, 2.24) is 18.8 Å². The van der Waals surface area contributed by atoms with E-state index in [2.05, 4.69) is 4.98 Å². The summed E-state index contributed by atoms with van der Waals surface area (Å²) < 4.78 is 43.3. The van der Waals surface area contributed by atoms with Gasteiger partial charge in [0.1, 0.15) is 11.6 Å². The van der Waals surface area contributed by atoms with Gasteiger partial charge in [0.05, 0.1) is 15.9 Å². The van der Waals surface area contributed by atoms with Crippen LogP contribution in [-0.2, 0) is 34.8 Å². The summed E-state index contributed by atoms with van der Waals surface area (Å²) in [5, 5.41) is 0. The van der Waals surface area contributed by atoms with Crippen molar-refractivity contribution in [2.24, 2.45) is 7.05 Å². The van der Waals surface area contributed by atoms with Crippen molar-refractivity contribution < 1.29 is 17.6 Å². The van der Waals surface area contributed by atoms with E-state index in [0.717, 1.165) is 24.8 Å². The highest BCUT2D eigenvalue weighted by atomic mass is 32.2. The number of nitrogens with zero attached hydrogens (tertiary/aromatic N) is 4. The Morgan fingerprint density at radius 1 is 1.12 bits per heavy atom. The summed E-state index contributed by atoms with van der Waals surface area (Å²) >= 11 is 0. The Labute approximate surface area is 193 Å². The van der Waals surface area contributed by atoms with Crippen LogP contribution < -0.4 is 0 Å². The molecular weight excluding hydrogens is 443 g/mol. The first kappa shape index (κ1) is 23.4. The van der Waals surface area contributed by atoms with Gasteiger partial charge in [-0.3, -0.25) is 4.79 Å². The number of carbonyl (C=O) groups excluding carboxylic acids is 1. The number of halogens is 1. The van der Waals surface area contributed by atoms with Gasteiger partial charge in [0.15, 0.2) is 0 Å². The van der Waals surface area contributed by atoms with Crippen molar-refractivity contribution in [3.8, 4) is 0 Å². The van der Waals surface area contributed by atoms with E-state index < -0.39 is 10.0 Å². The van der Waals surface area contributed by atoms with Crippen LogP contribution in [0.2, 0.25) is 0 Å². The molecule has 0 saturated carbocycles. The molecule has 2 aromatic carbocycles. The zero-order chi connectivity index (χ0) is 23.6. The number of hydrogen-bond donors (Lipinski definition) is 0. The number of imidazole rings is 1. The molecule has 3 aromatic rings. The summed E-state index contributed by atoms with van der Waals surface area (Å²) in [5.74, 6) is 0.256. The molecule has 9 heteroatoms. The quantitative estimate of drug-likeness (QED) is 0.528.